The van der Waals surface area contributed by atoms with Gasteiger partial charge in [0.2, 0.25) is 0 Å². The molecule has 0 N–H and O–H groups in total. The minimum atomic E-state index is -0.0647. The van der Waals surface area contributed by atoms with Crippen LogP contribution < -0.4 is 4.74 Å². The number of hydrogen-bond acceptors (Lipinski definition) is 1. The van der Waals surface area contributed by atoms with Crippen molar-refractivity contribution >= 4 is 0 Å². The number of benzene rings is 1. The summed E-state index contributed by atoms with van der Waals surface area (Å²) in [7, 11) is 0. The van der Waals surface area contributed by atoms with Crippen molar-refractivity contribution in [2.24, 2.45) is 0 Å². The molecule has 2 rings (SSSR count). The Morgan fingerprint density at radius 3 is 2.36 bits per heavy atom. The number of para-hydroxylation sites is 1. The van der Waals surface area contributed by atoms with Gasteiger partial charge < -0.3 is 4.74 Å². The van der Waals surface area contributed by atoms with E-state index >= 15 is 0 Å². The molecule has 0 amide bonds. The van der Waals surface area contributed by atoms with Crippen LogP contribution in [0.1, 0.15) is 52.2 Å². The molecule has 0 saturated heterocycles. The summed E-state index contributed by atoms with van der Waals surface area (Å²) in [4.78, 5) is 0. The van der Waals surface area contributed by atoms with Crippen molar-refractivity contribution < 1.29 is 4.74 Å². The van der Waals surface area contributed by atoms with Crippen molar-refractivity contribution in [2.75, 3.05) is 6.61 Å². The zero-order chi connectivity index (χ0) is 16.4. The molecule has 0 aliphatic heterocycles. The first-order chi connectivity index (χ1) is 10.3. The second-order valence-corrected chi connectivity index (χ2v) is 7.45. The maximum Gasteiger partial charge on any atom is 0.127 e. The van der Waals surface area contributed by atoms with E-state index in [-0.39, 0.29) is 10.8 Å². The maximum absolute atomic E-state index is 6.12. The molecule has 22 heavy (non-hydrogen) atoms. The van der Waals surface area contributed by atoms with Crippen molar-refractivity contribution in [2.45, 2.75) is 51.9 Å². The fraction of sp³-hybridized carbons (Fsp3) is 0.429. The normalized spacial score (nSPS) is 14.9. The van der Waals surface area contributed by atoms with Crippen LogP contribution in [0.25, 0.3) is 0 Å². The van der Waals surface area contributed by atoms with E-state index in [9.17, 15) is 0 Å². The number of allylic oxidation sites excluding steroid dienone is 4. The van der Waals surface area contributed by atoms with E-state index in [4.69, 9.17) is 4.74 Å². The third kappa shape index (κ3) is 3.19. The molecule has 0 aromatic heterocycles. The Kier molecular flexibility index (Phi) is 4.65. The molecule has 118 valence electrons. The van der Waals surface area contributed by atoms with Crippen molar-refractivity contribution in [3.05, 3.63) is 65.8 Å². The lowest BCUT2D eigenvalue weighted by atomic mass is 9.74. The summed E-state index contributed by atoms with van der Waals surface area (Å²) in [6.07, 6.45) is 9.60. The van der Waals surface area contributed by atoms with Gasteiger partial charge in [-0.2, -0.15) is 0 Å². The smallest absolute Gasteiger partial charge is 0.127 e. The second kappa shape index (κ2) is 6.16. The lowest BCUT2D eigenvalue weighted by Gasteiger charge is -2.32. The van der Waals surface area contributed by atoms with Crippen LogP contribution in [0.15, 0.2) is 54.7 Å². The first-order valence-electron chi connectivity index (χ1n) is 8.03. The van der Waals surface area contributed by atoms with E-state index in [0.717, 1.165) is 12.2 Å². The van der Waals surface area contributed by atoms with Gasteiger partial charge in [-0.1, -0.05) is 83.7 Å². The Morgan fingerprint density at radius 1 is 1.14 bits per heavy atom. The Bertz CT molecular complexity index is 609. The van der Waals surface area contributed by atoms with Crippen LogP contribution in [0.2, 0.25) is 0 Å². The molecule has 0 heterocycles. The predicted octanol–water partition coefficient (Wildman–Crippen LogP) is 5.71. The van der Waals surface area contributed by atoms with Gasteiger partial charge in [0.1, 0.15) is 12.4 Å². The molecule has 1 nitrogen and oxygen atoms in total. The first-order valence-corrected chi connectivity index (χ1v) is 8.03. The standard InChI is InChI=1S/C21H28O/c1-7-15-22-19-17(20(2,3)4)13-10-14-18(19)21(5,6)16-11-8-9-12-16/h7-8,10-14H,1,9,15H2,2-6H3. The highest BCUT2D eigenvalue weighted by Gasteiger charge is 2.31. The SMILES string of the molecule is C=CCOc1c(C(C)(C)C)cccc1C(C)(C)C1=CCC=C1. The topological polar surface area (TPSA) is 9.23 Å². The van der Waals surface area contributed by atoms with Gasteiger partial charge in [0.05, 0.1) is 0 Å². The molecule has 1 aliphatic rings. The van der Waals surface area contributed by atoms with E-state index in [2.05, 4.69) is 77.6 Å². The van der Waals surface area contributed by atoms with Crippen LogP contribution in [-0.2, 0) is 10.8 Å². The monoisotopic (exact) mass is 296 g/mol. The van der Waals surface area contributed by atoms with Gasteiger partial charge in [0.25, 0.3) is 0 Å². The van der Waals surface area contributed by atoms with Crippen LogP contribution in [0.4, 0.5) is 0 Å². The largest absolute Gasteiger partial charge is 0.489 e. The number of hydrogen-bond donors (Lipinski definition) is 0. The van der Waals surface area contributed by atoms with Crippen LogP contribution in [0.3, 0.4) is 0 Å². The van der Waals surface area contributed by atoms with Gasteiger partial charge in [-0.15, -0.1) is 0 Å². The second-order valence-electron chi connectivity index (χ2n) is 7.45. The minimum Gasteiger partial charge on any atom is -0.489 e. The summed E-state index contributed by atoms with van der Waals surface area (Å²) in [5, 5.41) is 0. The summed E-state index contributed by atoms with van der Waals surface area (Å²) in [5.74, 6) is 1.01. The Labute approximate surface area is 135 Å². The molecule has 0 unspecified atom stereocenters. The number of rotatable bonds is 5. The molecule has 0 fully saturated rings. The molecule has 0 atom stereocenters. The zero-order valence-corrected chi connectivity index (χ0v) is 14.6. The fourth-order valence-electron chi connectivity index (χ4n) is 2.99. The highest BCUT2D eigenvalue weighted by molar-refractivity contribution is 5.54. The quantitative estimate of drug-likeness (QED) is 0.632. The van der Waals surface area contributed by atoms with E-state index in [1.54, 1.807) is 0 Å². The molecule has 0 radical (unpaired) electrons. The molecular formula is C21H28O. The van der Waals surface area contributed by atoms with Crippen molar-refractivity contribution in [3.63, 3.8) is 0 Å². The molecule has 1 heteroatoms. The molecular weight excluding hydrogens is 268 g/mol. The van der Waals surface area contributed by atoms with Crippen molar-refractivity contribution in [3.8, 4) is 5.75 Å². The minimum absolute atomic E-state index is 0.0441. The first kappa shape index (κ1) is 16.6. The molecule has 0 saturated carbocycles. The Balaban J connectivity index is 2.59. The lowest BCUT2D eigenvalue weighted by molar-refractivity contribution is 0.341. The van der Waals surface area contributed by atoms with E-state index < -0.39 is 0 Å². The van der Waals surface area contributed by atoms with E-state index in [1.165, 1.54) is 16.7 Å². The van der Waals surface area contributed by atoms with E-state index in [1.807, 2.05) is 6.08 Å². The molecule has 0 spiro atoms. The highest BCUT2D eigenvalue weighted by Crippen LogP contribution is 2.43. The summed E-state index contributed by atoms with van der Waals surface area (Å²) in [5.41, 5.74) is 3.84. The van der Waals surface area contributed by atoms with Crippen molar-refractivity contribution in [1.82, 2.24) is 0 Å². The Hall–Kier alpha value is -1.76. The number of ether oxygens (including phenoxy) is 1. The van der Waals surface area contributed by atoms with Gasteiger partial charge in [0.15, 0.2) is 0 Å². The van der Waals surface area contributed by atoms with Gasteiger partial charge in [0, 0.05) is 11.0 Å². The summed E-state index contributed by atoms with van der Waals surface area (Å²) >= 11 is 0. The summed E-state index contributed by atoms with van der Waals surface area (Å²) in [6, 6.07) is 6.52. The predicted molar refractivity (Wildman–Crippen MR) is 95.7 cm³/mol. The zero-order valence-electron chi connectivity index (χ0n) is 14.6. The van der Waals surface area contributed by atoms with E-state index in [0.29, 0.717) is 6.61 Å². The third-order valence-electron chi connectivity index (χ3n) is 4.33. The van der Waals surface area contributed by atoms with Crippen LogP contribution >= 0.6 is 0 Å². The maximum atomic E-state index is 6.12. The van der Waals surface area contributed by atoms with Gasteiger partial charge in [-0.25, -0.2) is 0 Å². The van der Waals surface area contributed by atoms with Crippen LogP contribution in [0, 0.1) is 0 Å². The van der Waals surface area contributed by atoms with Crippen LogP contribution in [-0.4, -0.2) is 6.61 Å². The molecule has 1 aliphatic carbocycles. The average molecular weight is 296 g/mol. The average Bonchev–Trinajstić information content (AvgIpc) is 2.98. The molecule has 1 aromatic carbocycles. The highest BCUT2D eigenvalue weighted by atomic mass is 16.5. The molecule has 0 bridgehead atoms. The van der Waals surface area contributed by atoms with Gasteiger partial charge in [-0.3, -0.25) is 0 Å². The fourth-order valence-corrected chi connectivity index (χ4v) is 2.99. The van der Waals surface area contributed by atoms with Crippen LogP contribution in [0.5, 0.6) is 5.75 Å². The molecule has 1 aromatic rings. The van der Waals surface area contributed by atoms with Gasteiger partial charge >= 0.3 is 0 Å². The van der Waals surface area contributed by atoms with Crippen molar-refractivity contribution in [1.29, 1.82) is 0 Å². The summed E-state index contributed by atoms with van der Waals surface area (Å²) in [6.45, 7) is 15.6. The summed E-state index contributed by atoms with van der Waals surface area (Å²) < 4.78 is 6.12. The van der Waals surface area contributed by atoms with Gasteiger partial charge in [-0.05, 0) is 23.0 Å². The lowest BCUT2D eigenvalue weighted by Crippen LogP contribution is -2.23. The Morgan fingerprint density at radius 2 is 1.82 bits per heavy atom. The third-order valence-corrected chi connectivity index (χ3v) is 4.33.